The number of benzene rings is 2. The van der Waals surface area contributed by atoms with Gasteiger partial charge in [-0.15, -0.1) is 0 Å². The third kappa shape index (κ3) is 2.60. The minimum Gasteiger partial charge on any atom is -0.364 e. The van der Waals surface area contributed by atoms with Crippen molar-refractivity contribution in [1.29, 1.82) is 5.26 Å². The average molecular weight is 287 g/mol. The van der Waals surface area contributed by atoms with E-state index in [1.807, 2.05) is 42.5 Å². The van der Waals surface area contributed by atoms with Crippen molar-refractivity contribution in [3.05, 3.63) is 71.9 Å². The molecule has 3 aromatic rings. The van der Waals surface area contributed by atoms with Crippen LogP contribution in [0.25, 0.3) is 22.4 Å². The zero-order chi connectivity index (χ0) is 15.5. The quantitative estimate of drug-likeness (QED) is 0.774. The van der Waals surface area contributed by atoms with Crippen molar-refractivity contribution >= 4 is 5.91 Å². The summed E-state index contributed by atoms with van der Waals surface area (Å²) in [6.07, 6.45) is 0. The molecule has 3 rings (SSSR count). The van der Waals surface area contributed by atoms with Gasteiger partial charge >= 0.3 is 0 Å². The summed E-state index contributed by atoms with van der Waals surface area (Å²) in [7, 11) is 0. The molecule has 0 saturated heterocycles. The van der Waals surface area contributed by atoms with Crippen LogP contribution < -0.4 is 5.73 Å². The second-order valence-corrected chi connectivity index (χ2v) is 4.92. The number of hydrogen-bond donors (Lipinski definition) is 2. The predicted molar refractivity (Wildman–Crippen MR) is 84.9 cm³/mol. The molecule has 4 nitrogen and oxygen atoms in total. The number of carbonyl (C=O) groups is 1. The molecular formula is C18H13N3O. The molecule has 4 heteroatoms. The number of rotatable bonds is 3. The van der Waals surface area contributed by atoms with Crippen LogP contribution in [0.1, 0.15) is 16.1 Å². The molecule has 22 heavy (non-hydrogen) atoms. The Morgan fingerprint density at radius 3 is 1.91 bits per heavy atom. The van der Waals surface area contributed by atoms with E-state index in [1.165, 1.54) is 0 Å². The largest absolute Gasteiger partial charge is 0.364 e. The van der Waals surface area contributed by atoms with E-state index < -0.39 is 5.91 Å². The Labute approximate surface area is 127 Å². The normalized spacial score (nSPS) is 10.1. The molecule has 0 spiro atoms. The Morgan fingerprint density at radius 1 is 0.864 bits per heavy atom. The van der Waals surface area contributed by atoms with E-state index in [1.54, 1.807) is 18.2 Å². The molecule has 0 fully saturated rings. The van der Waals surface area contributed by atoms with Gasteiger partial charge < -0.3 is 10.7 Å². The van der Waals surface area contributed by atoms with E-state index in [0.29, 0.717) is 11.3 Å². The zero-order valence-electron chi connectivity index (χ0n) is 11.7. The highest BCUT2D eigenvalue weighted by atomic mass is 16.1. The van der Waals surface area contributed by atoms with Crippen molar-refractivity contribution in [2.45, 2.75) is 0 Å². The summed E-state index contributed by atoms with van der Waals surface area (Å²) < 4.78 is 0. The van der Waals surface area contributed by atoms with Gasteiger partial charge in [0, 0.05) is 5.69 Å². The van der Waals surface area contributed by atoms with E-state index in [4.69, 9.17) is 11.0 Å². The van der Waals surface area contributed by atoms with Crippen LogP contribution in [0.15, 0.2) is 60.7 Å². The fourth-order valence-corrected chi connectivity index (χ4v) is 2.29. The van der Waals surface area contributed by atoms with Crippen LogP contribution in [0, 0.1) is 11.3 Å². The predicted octanol–water partition coefficient (Wildman–Crippen LogP) is 3.32. The van der Waals surface area contributed by atoms with Gasteiger partial charge in [0.15, 0.2) is 0 Å². The molecule has 0 bridgehead atoms. The van der Waals surface area contributed by atoms with E-state index in [9.17, 15) is 4.79 Å². The summed E-state index contributed by atoms with van der Waals surface area (Å²) in [5.41, 5.74) is 10.2. The number of H-pyrrole nitrogens is 1. The number of hydrogen-bond acceptors (Lipinski definition) is 2. The van der Waals surface area contributed by atoms with Crippen LogP contribution in [0.2, 0.25) is 0 Å². The summed E-state index contributed by atoms with van der Waals surface area (Å²) in [5.74, 6) is -0.472. The Hall–Kier alpha value is -3.32. The highest BCUT2D eigenvalue weighted by Crippen LogP contribution is 2.24. The Morgan fingerprint density at radius 2 is 1.41 bits per heavy atom. The lowest BCUT2D eigenvalue weighted by atomic mass is 10.0. The second-order valence-electron chi connectivity index (χ2n) is 4.92. The first kappa shape index (κ1) is 13.7. The molecule has 2 aromatic carbocycles. The van der Waals surface area contributed by atoms with Crippen LogP contribution in [0.4, 0.5) is 0 Å². The Balaban J connectivity index is 1.88. The van der Waals surface area contributed by atoms with Crippen LogP contribution in [0.3, 0.4) is 0 Å². The van der Waals surface area contributed by atoms with Crippen molar-refractivity contribution in [2.24, 2.45) is 5.73 Å². The van der Waals surface area contributed by atoms with Crippen molar-refractivity contribution in [1.82, 2.24) is 4.98 Å². The van der Waals surface area contributed by atoms with Crippen LogP contribution in [-0.4, -0.2) is 10.9 Å². The smallest absolute Gasteiger partial charge is 0.265 e. The minimum atomic E-state index is -0.472. The van der Waals surface area contributed by atoms with Crippen molar-refractivity contribution in [3.8, 4) is 28.5 Å². The van der Waals surface area contributed by atoms with E-state index in [-0.39, 0.29) is 0 Å². The van der Waals surface area contributed by atoms with Crippen LogP contribution >= 0.6 is 0 Å². The van der Waals surface area contributed by atoms with Crippen molar-refractivity contribution in [2.75, 3.05) is 0 Å². The lowest BCUT2D eigenvalue weighted by molar-refractivity contribution is 0.0996. The summed E-state index contributed by atoms with van der Waals surface area (Å²) >= 11 is 0. The number of primary amides is 1. The topological polar surface area (TPSA) is 82.7 Å². The third-order valence-corrected chi connectivity index (χ3v) is 3.49. The van der Waals surface area contributed by atoms with E-state index >= 15 is 0 Å². The fraction of sp³-hybridized carbons (Fsp3) is 0. The molecule has 0 aliphatic carbocycles. The standard InChI is InChI=1S/C18H13N3O/c19-11-12-1-3-13(4-2-12)14-5-7-15(8-6-14)16-9-10-17(21-16)18(20)22/h1-10,21H,(H2,20,22). The SMILES string of the molecule is N#Cc1ccc(-c2ccc(-c3ccc(C(N)=O)[nH]3)cc2)cc1. The molecule has 0 aliphatic rings. The molecule has 1 amide bonds. The molecule has 0 saturated carbocycles. The summed E-state index contributed by atoms with van der Waals surface area (Å²) in [6.45, 7) is 0. The van der Waals surface area contributed by atoms with Gasteiger partial charge in [0.05, 0.1) is 11.6 Å². The van der Waals surface area contributed by atoms with E-state index in [2.05, 4.69) is 11.1 Å². The van der Waals surface area contributed by atoms with Gasteiger partial charge in [0.1, 0.15) is 5.69 Å². The number of aromatic amines is 1. The Bertz CT molecular complexity index is 853. The molecule has 1 aromatic heterocycles. The van der Waals surface area contributed by atoms with Gasteiger partial charge in [-0.1, -0.05) is 36.4 Å². The van der Waals surface area contributed by atoms with Gasteiger partial charge in [0.25, 0.3) is 5.91 Å². The molecule has 0 aliphatic heterocycles. The molecule has 106 valence electrons. The minimum absolute atomic E-state index is 0.395. The number of carbonyl (C=O) groups excluding carboxylic acids is 1. The van der Waals surface area contributed by atoms with Crippen molar-refractivity contribution < 1.29 is 4.79 Å². The van der Waals surface area contributed by atoms with Crippen LogP contribution in [0.5, 0.6) is 0 Å². The maximum absolute atomic E-state index is 11.1. The van der Waals surface area contributed by atoms with E-state index in [0.717, 1.165) is 22.4 Å². The highest BCUT2D eigenvalue weighted by molar-refractivity contribution is 5.92. The van der Waals surface area contributed by atoms with Gasteiger partial charge in [-0.05, 0) is 41.0 Å². The number of nitriles is 1. The summed E-state index contributed by atoms with van der Waals surface area (Å²) in [6, 6.07) is 21.0. The summed E-state index contributed by atoms with van der Waals surface area (Å²) in [5, 5.41) is 8.82. The number of nitrogens with zero attached hydrogens (tertiary/aromatic N) is 1. The fourth-order valence-electron chi connectivity index (χ4n) is 2.29. The molecule has 1 heterocycles. The number of amides is 1. The van der Waals surface area contributed by atoms with Crippen molar-refractivity contribution in [3.63, 3.8) is 0 Å². The molecular weight excluding hydrogens is 274 g/mol. The lowest BCUT2D eigenvalue weighted by Crippen LogP contribution is -2.10. The number of nitrogens with two attached hydrogens (primary N) is 1. The van der Waals surface area contributed by atoms with Gasteiger partial charge in [-0.25, -0.2) is 0 Å². The van der Waals surface area contributed by atoms with Gasteiger partial charge in [-0.2, -0.15) is 5.26 Å². The molecule has 0 radical (unpaired) electrons. The lowest BCUT2D eigenvalue weighted by Gasteiger charge is -2.04. The first-order valence-electron chi connectivity index (χ1n) is 6.77. The monoisotopic (exact) mass is 287 g/mol. The van der Waals surface area contributed by atoms with Gasteiger partial charge in [-0.3, -0.25) is 4.79 Å². The highest BCUT2D eigenvalue weighted by Gasteiger charge is 2.06. The maximum atomic E-state index is 11.1. The number of nitrogens with one attached hydrogen (secondary N) is 1. The second kappa shape index (κ2) is 5.58. The van der Waals surface area contributed by atoms with Gasteiger partial charge in [0.2, 0.25) is 0 Å². The maximum Gasteiger partial charge on any atom is 0.265 e. The molecule has 0 unspecified atom stereocenters. The van der Waals surface area contributed by atoms with Crippen LogP contribution in [-0.2, 0) is 0 Å². The molecule has 3 N–H and O–H groups in total. The zero-order valence-corrected chi connectivity index (χ0v) is 11.7. The molecule has 0 atom stereocenters. The average Bonchev–Trinajstić information content (AvgIpc) is 3.05. The summed E-state index contributed by atoms with van der Waals surface area (Å²) in [4.78, 5) is 14.1. The number of aromatic nitrogens is 1. The third-order valence-electron chi connectivity index (χ3n) is 3.49. The first-order valence-corrected chi connectivity index (χ1v) is 6.77. The first-order chi connectivity index (χ1) is 10.7. The Kier molecular flexibility index (Phi) is 3.47.